The smallest absolute Gasteiger partial charge is 0.416 e. The third-order valence-electron chi connectivity index (χ3n) is 5.88. The Kier molecular flexibility index (Phi) is 7.04. The fourth-order valence-corrected chi connectivity index (χ4v) is 4.38. The van der Waals surface area contributed by atoms with Crippen LogP contribution >= 0.6 is 0 Å². The van der Waals surface area contributed by atoms with Crippen LogP contribution in [0.15, 0.2) is 60.7 Å². The molecule has 0 spiro atoms. The van der Waals surface area contributed by atoms with Crippen LogP contribution in [0.2, 0.25) is 0 Å². The van der Waals surface area contributed by atoms with Gasteiger partial charge in [0.1, 0.15) is 11.6 Å². The molecule has 6 nitrogen and oxygen atoms in total. The number of hydrogen-bond donors (Lipinski definition) is 2. The molecule has 9 heteroatoms. The highest BCUT2D eigenvalue weighted by Gasteiger charge is 2.37. The molecule has 1 aliphatic rings. The number of alkyl halides is 3. The molecule has 0 bridgehead atoms. The average molecular weight is 482 g/mol. The van der Waals surface area contributed by atoms with E-state index >= 15 is 0 Å². The van der Waals surface area contributed by atoms with Crippen LogP contribution in [0.1, 0.15) is 48.3 Å². The molecule has 0 saturated carbocycles. The van der Waals surface area contributed by atoms with Crippen molar-refractivity contribution in [3.63, 3.8) is 0 Å². The van der Waals surface area contributed by atoms with Gasteiger partial charge in [-0.25, -0.2) is 4.68 Å². The van der Waals surface area contributed by atoms with Crippen LogP contribution in [0.25, 0.3) is 5.57 Å². The van der Waals surface area contributed by atoms with E-state index in [0.29, 0.717) is 36.1 Å². The molecule has 4 rings (SSSR count). The van der Waals surface area contributed by atoms with Gasteiger partial charge in [0.05, 0.1) is 18.7 Å². The second kappa shape index (κ2) is 10.2. The van der Waals surface area contributed by atoms with Crippen molar-refractivity contribution in [3.8, 4) is 5.75 Å². The zero-order chi connectivity index (χ0) is 25.0. The topological polar surface area (TPSA) is 75.8 Å². The Balaban J connectivity index is 1.65. The lowest BCUT2D eigenvalue weighted by Crippen LogP contribution is -2.23. The van der Waals surface area contributed by atoms with E-state index in [9.17, 15) is 13.2 Å². The van der Waals surface area contributed by atoms with Gasteiger partial charge in [-0.1, -0.05) is 30.4 Å². The van der Waals surface area contributed by atoms with Gasteiger partial charge in [0.25, 0.3) is 0 Å². The van der Waals surface area contributed by atoms with Crippen molar-refractivity contribution in [3.05, 3.63) is 83.2 Å². The molecule has 182 valence electrons. The summed E-state index contributed by atoms with van der Waals surface area (Å²) in [7, 11) is 1.57. The average Bonchev–Trinajstić information content (AvgIpc) is 3.26. The molecular formula is C26H26F3N5O. The van der Waals surface area contributed by atoms with Crippen LogP contribution in [0.5, 0.6) is 5.75 Å². The summed E-state index contributed by atoms with van der Waals surface area (Å²) in [5.41, 5.74) is 1.89. The first-order valence-corrected chi connectivity index (χ1v) is 11.3. The van der Waals surface area contributed by atoms with E-state index in [1.807, 2.05) is 31.2 Å². The van der Waals surface area contributed by atoms with Gasteiger partial charge in [-0.05, 0) is 55.2 Å². The zero-order valence-electron chi connectivity index (χ0n) is 19.4. The van der Waals surface area contributed by atoms with E-state index in [0.717, 1.165) is 23.6 Å². The molecule has 2 aromatic carbocycles. The highest BCUT2D eigenvalue weighted by molar-refractivity contribution is 5.89. The molecule has 1 unspecified atom stereocenters. The summed E-state index contributed by atoms with van der Waals surface area (Å²) in [4.78, 5) is 4.55. The van der Waals surface area contributed by atoms with Gasteiger partial charge in [-0.15, -0.1) is 5.10 Å². The molecular weight excluding hydrogens is 455 g/mol. The van der Waals surface area contributed by atoms with Crippen molar-refractivity contribution >= 4 is 23.4 Å². The van der Waals surface area contributed by atoms with E-state index in [1.54, 1.807) is 30.0 Å². The Morgan fingerprint density at radius 2 is 2.03 bits per heavy atom. The second-order valence-corrected chi connectivity index (χ2v) is 8.12. The highest BCUT2D eigenvalue weighted by atomic mass is 19.4. The van der Waals surface area contributed by atoms with E-state index < -0.39 is 17.8 Å². The predicted molar refractivity (Wildman–Crippen MR) is 130 cm³/mol. The number of ether oxygens (including phenoxy) is 1. The molecule has 0 radical (unpaired) electrons. The SMILES string of the molecule is C/C=C\C(=C/C=N)c1ccc(Nc2nc3n(n2)C(c2ccccc2C(F)(F)F)CCC3)cc1OC. The molecule has 2 heterocycles. The predicted octanol–water partition coefficient (Wildman–Crippen LogP) is 6.58. The summed E-state index contributed by atoms with van der Waals surface area (Å²) in [5.74, 6) is 1.56. The molecule has 0 saturated heterocycles. The zero-order valence-corrected chi connectivity index (χ0v) is 19.4. The van der Waals surface area contributed by atoms with Crippen LogP contribution in [0.4, 0.5) is 24.8 Å². The van der Waals surface area contributed by atoms with E-state index in [4.69, 9.17) is 10.1 Å². The maximum absolute atomic E-state index is 13.6. The van der Waals surface area contributed by atoms with Crippen molar-refractivity contribution in [2.24, 2.45) is 0 Å². The minimum atomic E-state index is -4.44. The van der Waals surface area contributed by atoms with Crippen LogP contribution in [0, 0.1) is 5.41 Å². The fourth-order valence-electron chi connectivity index (χ4n) is 4.38. The van der Waals surface area contributed by atoms with Gasteiger partial charge >= 0.3 is 6.18 Å². The Hall–Kier alpha value is -3.88. The Bertz CT molecular complexity index is 1280. The molecule has 0 aliphatic carbocycles. The molecule has 35 heavy (non-hydrogen) atoms. The minimum Gasteiger partial charge on any atom is -0.496 e. The molecule has 3 aromatic rings. The van der Waals surface area contributed by atoms with Crippen LogP contribution < -0.4 is 10.1 Å². The number of nitrogens with one attached hydrogen (secondary N) is 2. The Morgan fingerprint density at radius 1 is 1.23 bits per heavy atom. The largest absolute Gasteiger partial charge is 0.496 e. The summed E-state index contributed by atoms with van der Waals surface area (Å²) in [6, 6.07) is 10.6. The van der Waals surface area contributed by atoms with Crippen LogP contribution in [0.3, 0.4) is 0 Å². The summed E-state index contributed by atoms with van der Waals surface area (Å²) < 4.78 is 48.1. The number of fused-ring (bicyclic) bond motifs is 1. The van der Waals surface area contributed by atoms with E-state index in [1.165, 1.54) is 18.3 Å². The third-order valence-corrected chi connectivity index (χ3v) is 5.88. The molecule has 1 atom stereocenters. The van der Waals surface area contributed by atoms with Gasteiger partial charge in [0, 0.05) is 30.0 Å². The van der Waals surface area contributed by atoms with Gasteiger partial charge in [-0.3, -0.25) is 0 Å². The molecule has 0 amide bonds. The molecule has 1 aliphatic heterocycles. The Morgan fingerprint density at radius 3 is 2.74 bits per heavy atom. The number of aryl methyl sites for hydroxylation is 1. The first-order chi connectivity index (χ1) is 16.9. The lowest BCUT2D eigenvalue weighted by molar-refractivity contribution is -0.138. The number of nitrogens with zero attached hydrogens (tertiary/aromatic N) is 3. The summed E-state index contributed by atoms with van der Waals surface area (Å²) in [6.45, 7) is 1.90. The number of methoxy groups -OCH3 is 1. The maximum atomic E-state index is 13.6. The quantitative estimate of drug-likeness (QED) is 0.295. The molecule has 1 aromatic heterocycles. The van der Waals surface area contributed by atoms with E-state index in [2.05, 4.69) is 15.4 Å². The van der Waals surface area contributed by atoms with Crippen molar-refractivity contribution < 1.29 is 17.9 Å². The summed E-state index contributed by atoms with van der Waals surface area (Å²) >= 11 is 0. The minimum absolute atomic E-state index is 0.206. The fraction of sp³-hybridized carbons (Fsp3) is 0.269. The first kappa shape index (κ1) is 24.3. The van der Waals surface area contributed by atoms with Crippen LogP contribution in [-0.4, -0.2) is 28.1 Å². The van der Waals surface area contributed by atoms with Gasteiger partial charge in [0.2, 0.25) is 5.95 Å². The van der Waals surface area contributed by atoms with Gasteiger partial charge in [-0.2, -0.15) is 18.2 Å². The van der Waals surface area contributed by atoms with Crippen molar-refractivity contribution in [2.45, 2.75) is 38.4 Å². The maximum Gasteiger partial charge on any atom is 0.416 e. The van der Waals surface area contributed by atoms with Crippen molar-refractivity contribution in [2.75, 3.05) is 12.4 Å². The number of halogens is 3. The van der Waals surface area contributed by atoms with Crippen molar-refractivity contribution in [1.82, 2.24) is 14.8 Å². The molecule has 0 fully saturated rings. The number of allylic oxidation sites excluding steroid dienone is 4. The second-order valence-electron chi connectivity index (χ2n) is 8.12. The number of rotatable bonds is 7. The molecule has 2 N–H and O–H groups in total. The van der Waals surface area contributed by atoms with Crippen LogP contribution in [-0.2, 0) is 12.6 Å². The number of aromatic nitrogens is 3. The normalized spacial score (nSPS) is 16.3. The summed E-state index contributed by atoms with van der Waals surface area (Å²) in [5, 5.41) is 15.1. The Labute approximate surface area is 201 Å². The lowest BCUT2D eigenvalue weighted by Gasteiger charge is -2.26. The standard InChI is InChI=1S/C26H26F3N5O/c1-3-7-17(14-15-30)19-13-12-18(16-23(19)35-2)31-25-32-24-11-6-10-22(34(24)33-25)20-8-4-5-9-21(20)26(27,28)29/h3-5,7-9,12-16,22,30H,6,10-11H2,1-2H3,(H,31,33)/b7-3-,17-14+,30-15?. The highest BCUT2D eigenvalue weighted by Crippen LogP contribution is 2.39. The number of hydrogen-bond acceptors (Lipinski definition) is 5. The first-order valence-electron chi connectivity index (χ1n) is 11.3. The van der Waals surface area contributed by atoms with E-state index in [-0.39, 0.29) is 5.56 Å². The lowest BCUT2D eigenvalue weighted by atomic mass is 9.93. The van der Waals surface area contributed by atoms with Gasteiger partial charge < -0.3 is 15.5 Å². The summed E-state index contributed by atoms with van der Waals surface area (Å²) in [6.07, 6.45) is 4.15. The van der Waals surface area contributed by atoms with Gasteiger partial charge in [0.15, 0.2) is 0 Å². The van der Waals surface area contributed by atoms with Crippen molar-refractivity contribution in [1.29, 1.82) is 5.41 Å². The third kappa shape index (κ3) is 5.13. The monoisotopic (exact) mass is 481 g/mol. The number of anilines is 2. The number of benzene rings is 2.